The molecule has 0 saturated carbocycles. The fraction of sp³-hybridized carbons (Fsp3) is 0.385. The van der Waals surface area contributed by atoms with Gasteiger partial charge in [-0.1, -0.05) is 0 Å². The van der Waals surface area contributed by atoms with E-state index in [-0.39, 0.29) is 5.91 Å². The minimum atomic E-state index is -0.944. The molecule has 2 aromatic rings. The van der Waals surface area contributed by atoms with Crippen molar-refractivity contribution in [2.24, 2.45) is 0 Å². The van der Waals surface area contributed by atoms with E-state index in [0.717, 1.165) is 12.8 Å². The molecule has 0 spiro atoms. The van der Waals surface area contributed by atoms with E-state index in [2.05, 4.69) is 15.4 Å². The second-order valence-corrected chi connectivity index (χ2v) is 4.88. The van der Waals surface area contributed by atoms with Gasteiger partial charge >= 0.3 is 5.97 Å². The number of aliphatic carboxylic acids is 1. The molecule has 7 heteroatoms. The van der Waals surface area contributed by atoms with Crippen LogP contribution in [0.1, 0.15) is 29.6 Å². The molecule has 1 fully saturated rings. The van der Waals surface area contributed by atoms with Gasteiger partial charge in [0.2, 0.25) is 0 Å². The van der Waals surface area contributed by atoms with Gasteiger partial charge in [0.25, 0.3) is 5.91 Å². The normalized spacial score (nSPS) is 19.2. The Labute approximate surface area is 114 Å². The predicted octanol–water partition coefficient (Wildman–Crippen LogP) is 1.04. The van der Waals surface area contributed by atoms with E-state index in [4.69, 9.17) is 0 Å². The molecule has 1 amide bonds. The van der Waals surface area contributed by atoms with E-state index in [1.807, 2.05) is 0 Å². The van der Waals surface area contributed by atoms with Crippen LogP contribution < -0.4 is 0 Å². The van der Waals surface area contributed by atoms with Crippen LogP contribution in [0.4, 0.5) is 0 Å². The lowest BCUT2D eigenvalue weighted by Crippen LogP contribution is -2.47. The molecule has 1 aliphatic heterocycles. The van der Waals surface area contributed by atoms with E-state index >= 15 is 0 Å². The number of carbonyl (C=O) groups excluding carboxylic acids is 1. The number of carboxylic acids is 1. The first-order valence-electron chi connectivity index (χ1n) is 6.51. The van der Waals surface area contributed by atoms with E-state index in [9.17, 15) is 14.7 Å². The minimum absolute atomic E-state index is 0.262. The zero-order valence-electron chi connectivity index (χ0n) is 10.7. The number of benzene rings is 1. The molecule has 1 aromatic carbocycles. The summed E-state index contributed by atoms with van der Waals surface area (Å²) in [6, 6.07) is 4.26. The first-order valence-corrected chi connectivity index (χ1v) is 6.51. The zero-order valence-corrected chi connectivity index (χ0v) is 10.7. The largest absolute Gasteiger partial charge is 0.480 e. The van der Waals surface area contributed by atoms with Gasteiger partial charge in [-0.2, -0.15) is 15.4 Å². The van der Waals surface area contributed by atoms with Gasteiger partial charge in [0, 0.05) is 12.1 Å². The standard InChI is InChI=1S/C13H14N4O3/c18-12(17-6-2-1-3-11(17)13(19)20)8-4-5-9-10(7-8)15-16-14-9/h4-5,7,11H,1-3,6H2,(H,19,20)(H,14,15,16)/t11-/m0/s1. The van der Waals surface area contributed by atoms with E-state index in [0.29, 0.717) is 29.6 Å². The number of likely N-dealkylation sites (tertiary alicyclic amines) is 1. The molecular weight excluding hydrogens is 260 g/mol. The molecule has 1 saturated heterocycles. The van der Waals surface area contributed by atoms with Crippen LogP contribution >= 0.6 is 0 Å². The minimum Gasteiger partial charge on any atom is -0.480 e. The third-order valence-electron chi connectivity index (χ3n) is 3.61. The maximum Gasteiger partial charge on any atom is 0.326 e. The molecule has 20 heavy (non-hydrogen) atoms. The molecular formula is C13H14N4O3. The Hall–Kier alpha value is -2.44. The number of H-pyrrole nitrogens is 1. The molecule has 0 radical (unpaired) electrons. The number of carbonyl (C=O) groups is 2. The topological polar surface area (TPSA) is 99.2 Å². The molecule has 104 valence electrons. The highest BCUT2D eigenvalue weighted by Crippen LogP contribution is 2.21. The van der Waals surface area contributed by atoms with Crippen LogP contribution in [0.2, 0.25) is 0 Å². The van der Waals surface area contributed by atoms with Crippen molar-refractivity contribution in [3.8, 4) is 0 Å². The van der Waals surface area contributed by atoms with Crippen molar-refractivity contribution in [1.82, 2.24) is 20.3 Å². The SMILES string of the molecule is O=C(O)[C@@H]1CCCCN1C(=O)c1ccc2n[nH]nc2c1. The molecule has 0 unspecified atom stereocenters. The quantitative estimate of drug-likeness (QED) is 0.852. The highest BCUT2D eigenvalue weighted by Gasteiger charge is 2.32. The van der Waals surface area contributed by atoms with Crippen LogP contribution in [0.5, 0.6) is 0 Å². The zero-order chi connectivity index (χ0) is 14.1. The lowest BCUT2D eigenvalue weighted by atomic mass is 10.0. The molecule has 1 aromatic heterocycles. The summed E-state index contributed by atoms with van der Waals surface area (Å²) in [4.78, 5) is 25.2. The van der Waals surface area contributed by atoms with Gasteiger partial charge in [-0.15, -0.1) is 0 Å². The summed E-state index contributed by atoms with van der Waals surface area (Å²) in [5, 5.41) is 19.6. The van der Waals surface area contributed by atoms with E-state index in [1.165, 1.54) is 4.90 Å². The Balaban J connectivity index is 1.91. The number of amides is 1. The maximum absolute atomic E-state index is 12.5. The number of rotatable bonds is 2. The molecule has 2 N–H and O–H groups in total. The average Bonchev–Trinajstić information content (AvgIpc) is 2.93. The Morgan fingerprint density at radius 2 is 2.05 bits per heavy atom. The number of fused-ring (bicyclic) bond motifs is 1. The summed E-state index contributed by atoms with van der Waals surface area (Å²) in [5.41, 5.74) is 1.72. The number of hydrogen-bond donors (Lipinski definition) is 2. The molecule has 1 aliphatic rings. The lowest BCUT2D eigenvalue weighted by molar-refractivity contribution is -0.143. The average molecular weight is 274 g/mol. The number of aromatic nitrogens is 3. The molecule has 1 atom stereocenters. The van der Waals surface area contributed by atoms with Crippen LogP contribution in [0.25, 0.3) is 11.0 Å². The highest BCUT2D eigenvalue weighted by molar-refractivity contribution is 5.99. The van der Waals surface area contributed by atoms with Gasteiger partial charge in [-0.25, -0.2) is 4.79 Å². The first kappa shape index (κ1) is 12.6. The van der Waals surface area contributed by atoms with Crippen LogP contribution in [-0.2, 0) is 4.79 Å². The Morgan fingerprint density at radius 3 is 2.85 bits per heavy atom. The number of nitrogens with one attached hydrogen (secondary N) is 1. The van der Waals surface area contributed by atoms with E-state index in [1.54, 1.807) is 18.2 Å². The smallest absolute Gasteiger partial charge is 0.326 e. The Kier molecular flexibility index (Phi) is 3.09. The fourth-order valence-corrected chi connectivity index (χ4v) is 2.57. The predicted molar refractivity (Wildman–Crippen MR) is 70.2 cm³/mol. The Morgan fingerprint density at radius 1 is 1.25 bits per heavy atom. The number of nitrogens with zero attached hydrogens (tertiary/aromatic N) is 3. The third kappa shape index (κ3) is 2.11. The van der Waals surface area contributed by atoms with E-state index < -0.39 is 12.0 Å². The summed E-state index contributed by atoms with van der Waals surface area (Å²) in [6.45, 7) is 0.479. The van der Waals surface area contributed by atoms with Crippen molar-refractivity contribution in [2.75, 3.05) is 6.54 Å². The van der Waals surface area contributed by atoms with Crippen molar-refractivity contribution >= 4 is 22.9 Å². The van der Waals surface area contributed by atoms with Gasteiger partial charge in [0.1, 0.15) is 17.1 Å². The summed E-state index contributed by atoms with van der Waals surface area (Å²) >= 11 is 0. The second kappa shape index (κ2) is 4.92. The molecule has 7 nitrogen and oxygen atoms in total. The molecule has 0 aliphatic carbocycles. The van der Waals surface area contributed by atoms with Crippen LogP contribution in [-0.4, -0.2) is 49.9 Å². The Bertz CT molecular complexity index is 666. The fourth-order valence-electron chi connectivity index (χ4n) is 2.57. The van der Waals surface area contributed by atoms with Crippen LogP contribution in [0.15, 0.2) is 18.2 Å². The van der Waals surface area contributed by atoms with Gasteiger partial charge in [0.05, 0.1) is 0 Å². The number of carboxylic acid groups (broad SMARTS) is 1. The van der Waals surface area contributed by atoms with Crippen LogP contribution in [0, 0.1) is 0 Å². The summed E-state index contributed by atoms with van der Waals surface area (Å²) in [6.07, 6.45) is 2.18. The van der Waals surface area contributed by atoms with Crippen LogP contribution in [0.3, 0.4) is 0 Å². The monoisotopic (exact) mass is 274 g/mol. The summed E-state index contributed by atoms with van der Waals surface area (Å²) in [5.74, 6) is -1.21. The molecule has 2 heterocycles. The van der Waals surface area contributed by atoms with Crippen molar-refractivity contribution in [1.29, 1.82) is 0 Å². The van der Waals surface area contributed by atoms with Crippen molar-refractivity contribution in [2.45, 2.75) is 25.3 Å². The van der Waals surface area contributed by atoms with Crippen molar-refractivity contribution in [3.05, 3.63) is 23.8 Å². The van der Waals surface area contributed by atoms with Crippen molar-refractivity contribution in [3.63, 3.8) is 0 Å². The third-order valence-corrected chi connectivity index (χ3v) is 3.61. The number of aromatic amines is 1. The lowest BCUT2D eigenvalue weighted by Gasteiger charge is -2.33. The van der Waals surface area contributed by atoms with Crippen molar-refractivity contribution < 1.29 is 14.7 Å². The summed E-state index contributed by atoms with van der Waals surface area (Å²) < 4.78 is 0. The molecule has 0 bridgehead atoms. The molecule has 3 rings (SSSR count). The van der Waals surface area contributed by atoms with Gasteiger partial charge in [0.15, 0.2) is 0 Å². The second-order valence-electron chi connectivity index (χ2n) is 4.88. The van der Waals surface area contributed by atoms with Gasteiger partial charge in [-0.3, -0.25) is 4.79 Å². The number of hydrogen-bond acceptors (Lipinski definition) is 4. The highest BCUT2D eigenvalue weighted by atomic mass is 16.4. The van der Waals surface area contributed by atoms with Gasteiger partial charge in [-0.05, 0) is 37.5 Å². The maximum atomic E-state index is 12.5. The summed E-state index contributed by atoms with van der Waals surface area (Å²) in [7, 11) is 0. The number of piperidine rings is 1. The first-order chi connectivity index (χ1) is 9.66. The van der Waals surface area contributed by atoms with Gasteiger partial charge < -0.3 is 10.0 Å².